The van der Waals surface area contributed by atoms with E-state index in [1.54, 1.807) is 25.8 Å². The molecule has 0 aliphatic rings. The molecule has 0 saturated heterocycles. The van der Waals surface area contributed by atoms with E-state index in [2.05, 4.69) is 27.8 Å². The summed E-state index contributed by atoms with van der Waals surface area (Å²) in [6.07, 6.45) is 0. The van der Waals surface area contributed by atoms with Crippen molar-refractivity contribution < 1.29 is 9.25 Å². The molecule has 1 N–H and O–H groups in total. The highest BCUT2D eigenvalue weighted by Crippen LogP contribution is 2.34. The van der Waals surface area contributed by atoms with Crippen LogP contribution in [0.3, 0.4) is 0 Å². The number of nitrogens with one attached hydrogen (secondary N) is 1. The number of rotatable bonds is 6. The zero-order valence-electron chi connectivity index (χ0n) is 12.9. The van der Waals surface area contributed by atoms with Crippen LogP contribution in [0.25, 0.3) is 11.5 Å². The number of aryl methyl sites for hydroxylation is 1. The van der Waals surface area contributed by atoms with Gasteiger partial charge < -0.3 is 4.42 Å². The zero-order chi connectivity index (χ0) is 16.1. The van der Waals surface area contributed by atoms with Crippen LogP contribution in [0.2, 0.25) is 0 Å². The lowest BCUT2D eigenvalue weighted by Crippen LogP contribution is -1.96. The molecule has 3 aromatic rings. The van der Waals surface area contributed by atoms with Crippen molar-refractivity contribution in [2.45, 2.75) is 17.6 Å². The van der Waals surface area contributed by atoms with Crippen molar-refractivity contribution in [1.82, 2.24) is 10.2 Å². The second kappa shape index (κ2) is 7.30. The molecule has 118 valence electrons. The second-order valence-corrected chi connectivity index (χ2v) is 5.93. The van der Waals surface area contributed by atoms with E-state index in [9.17, 15) is 0 Å². The molecule has 0 unspecified atom stereocenters. The van der Waals surface area contributed by atoms with Gasteiger partial charge in [0.15, 0.2) is 0 Å². The van der Waals surface area contributed by atoms with E-state index in [-0.39, 0.29) is 0 Å². The quantitative estimate of drug-likeness (QED) is 0.538. The van der Waals surface area contributed by atoms with Gasteiger partial charge in [0, 0.05) is 17.6 Å². The summed E-state index contributed by atoms with van der Waals surface area (Å²) in [5.41, 5.74) is 5.91. The SMILES string of the molecule is CONc1ccc(-c2nnc(C)o2)c(SCc2ccccc2)c1. The topological polar surface area (TPSA) is 60.2 Å². The second-order valence-electron chi connectivity index (χ2n) is 4.92. The monoisotopic (exact) mass is 327 g/mol. The van der Waals surface area contributed by atoms with Gasteiger partial charge in [0.25, 0.3) is 0 Å². The number of benzene rings is 2. The third kappa shape index (κ3) is 3.91. The molecule has 6 heteroatoms. The van der Waals surface area contributed by atoms with Crippen LogP contribution in [-0.2, 0) is 10.6 Å². The Kier molecular flexibility index (Phi) is 4.95. The van der Waals surface area contributed by atoms with Crippen LogP contribution >= 0.6 is 11.8 Å². The third-order valence-electron chi connectivity index (χ3n) is 3.20. The van der Waals surface area contributed by atoms with Gasteiger partial charge in [0.2, 0.25) is 11.8 Å². The smallest absolute Gasteiger partial charge is 0.248 e. The first-order valence-electron chi connectivity index (χ1n) is 7.16. The molecule has 0 aliphatic heterocycles. The molecular weight excluding hydrogens is 310 g/mol. The number of nitrogens with zero attached hydrogens (tertiary/aromatic N) is 2. The molecule has 0 bridgehead atoms. The van der Waals surface area contributed by atoms with Crippen molar-refractivity contribution >= 4 is 17.4 Å². The Hall–Kier alpha value is -2.31. The van der Waals surface area contributed by atoms with E-state index in [4.69, 9.17) is 9.25 Å². The van der Waals surface area contributed by atoms with E-state index < -0.39 is 0 Å². The summed E-state index contributed by atoms with van der Waals surface area (Å²) in [4.78, 5) is 6.04. The summed E-state index contributed by atoms with van der Waals surface area (Å²) in [6, 6.07) is 16.2. The van der Waals surface area contributed by atoms with Crippen LogP contribution in [0.1, 0.15) is 11.5 Å². The lowest BCUT2D eigenvalue weighted by molar-refractivity contribution is 0.271. The van der Waals surface area contributed by atoms with Crippen molar-refractivity contribution in [3.8, 4) is 11.5 Å². The van der Waals surface area contributed by atoms with E-state index in [1.165, 1.54) is 5.56 Å². The summed E-state index contributed by atoms with van der Waals surface area (Å²) >= 11 is 1.72. The fourth-order valence-electron chi connectivity index (χ4n) is 2.14. The van der Waals surface area contributed by atoms with Gasteiger partial charge >= 0.3 is 0 Å². The largest absolute Gasteiger partial charge is 0.421 e. The Balaban J connectivity index is 1.89. The maximum absolute atomic E-state index is 5.57. The molecule has 0 amide bonds. The molecule has 0 saturated carbocycles. The minimum Gasteiger partial charge on any atom is -0.421 e. The summed E-state index contributed by atoms with van der Waals surface area (Å²) in [5.74, 6) is 1.94. The molecule has 1 aromatic heterocycles. The molecule has 5 nitrogen and oxygen atoms in total. The van der Waals surface area contributed by atoms with Gasteiger partial charge in [-0.15, -0.1) is 22.0 Å². The normalized spacial score (nSPS) is 10.7. The van der Waals surface area contributed by atoms with E-state index in [0.717, 1.165) is 21.9 Å². The first-order chi connectivity index (χ1) is 11.3. The Morgan fingerprint density at radius 2 is 1.96 bits per heavy atom. The highest BCUT2D eigenvalue weighted by molar-refractivity contribution is 7.98. The first kappa shape index (κ1) is 15.6. The molecule has 1 heterocycles. The average molecular weight is 327 g/mol. The Morgan fingerprint density at radius 1 is 1.13 bits per heavy atom. The van der Waals surface area contributed by atoms with Gasteiger partial charge in [0.1, 0.15) is 0 Å². The van der Waals surface area contributed by atoms with Gasteiger partial charge in [-0.1, -0.05) is 30.3 Å². The highest BCUT2D eigenvalue weighted by Gasteiger charge is 2.13. The van der Waals surface area contributed by atoms with Gasteiger partial charge in [-0.05, 0) is 23.8 Å². The Morgan fingerprint density at radius 3 is 2.65 bits per heavy atom. The Labute approximate surface area is 139 Å². The minimum atomic E-state index is 0.530. The van der Waals surface area contributed by atoms with E-state index in [1.807, 2.05) is 36.4 Å². The minimum absolute atomic E-state index is 0.530. The molecule has 2 aromatic carbocycles. The van der Waals surface area contributed by atoms with Crippen LogP contribution < -0.4 is 5.48 Å². The number of hydrogen-bond acceptors (Lipinski definition) is 6. The standard InChI is InChI=1S/C17H17N3O2S/c1-12-18-19-17(22-12)15-9-8-14(20-21-2)10-16(15)23-11-13-6-4-3-5-7-13/h3-10,20H,11H2,1-2H3. The number of anilines is 1. The summed E-state index contributed by atoms with van der Waals surface area (Å²) in [6.45, 7) is 1.79. The zero-order valence-corrected chi connectivity index (χ0v) is 13.8. The molecule has 23 heavy (non-hydrogen) atoms. The fraction of sp³-hybridized carbons (Fsp3) is 0.176. The maximum Gasteiger partial charge on any atom is 0.248 e. The fourth-order valence-corrected chi connectivity index (χ4v) is 3.18. The lowest BCUT2D eigenvalue weighted by Gasteiger charge is -2.10. The van der Waals surface area contributed by atoms with Gasteiger partial charge in [-0.25, -0.2) is 0 Å². The average Bonchev–Trinajstić information content (AvgIpc) is 3.01. The molecule has 0 radical (unpaired) electrons. The van der Waals surface area contributed by atoms with Gasteiger partial charge in [-0.2, -0.15) is 0 Å². The van der Waals surface area contributed by atoms with E-state index >= 15 is 0 Å². The predicted octanol–water partition coefficient (Wildman–Crippen LogP) is 4.31. The maximum atomic E-state index is 5.57. The van der Waals surface area contributed by atoms with E-state index in [0.29, 0.717) is 11.8 Å². The van der Waals surface area contributed by atoms with Crippen LogP contribution in [0.5, 0.6) is 0 Å². The number of aromatic nitrogens is 2. The van der Waals surface area contributed by atoms with Crippen molar-refractivity contribution in [1.29, 1.82) is 0 Å². The molecular formula is C17H17N3O2S. The van der Waals surface area contributed by atoms with Crippen molar-refractivity contribution in [3.05, 3.63) is 60.0 Å². The van der Waals surface area contributed by atoms with Gasteiger partial charge in [0.05, 0.1) is 18.4 Å². The summed E-state index contributed by atoms with van der Waals surface area (Å²) in [7, 11) is 1.59. The van der Waals surface area contributed by atoms with Crippen LogP contribution in [0.15, 0.2) is 57.8 Å². The number of thioether (sulfide) groups is 1. The summed E-state index contributed by atoms with van der Waals surface area (Å²) in [5, 5.41) is 8.04. The van der Waals surface area contributed by atoms with Gasteiger partial charge in [-0.3, -0.25) is 10.3 Å². The van der Waals surface area contributed by atoms with Crippen molar-refractivity contribution in [3.63, 3.8) is 0 Å². The molecule has 0 fully saturated rings. The molecule has 3 rings (SSSR count). The van der Waals surface area contributed by atoms with Crippen molar-refractivity contribution in [2.75, 3.05) is 12.6 Å². The number of hydrogen-bond donors (Lipinski definition) is 1. The molecule has 0 aliphatic carbocycles. The lowest BCUT2D eigenvalue weighted by atomic mass is 10.2. The first-order valence-corrected chi connectivity index (χ1v) is 8.15. The third-order valence-corrected chi connectivity index (χ3v) is 4.32. The van der Waals surface area contributed by atoms with Crippen LogP contribution in [0.4, 0.5) is 5.69 Å². The van der Waals surface area contributed by atoms with Crippen molar-refractivity contribution in [2.24, 2.45) is 0 Å². The summed E-state index contributed by atoms with van der Waals surface area (Å²) < 4.78 is 5.57. The highest BCUT2D eigenvalue weighted by atomic mass is 32.2. The van der Waals surface area contributed by atoms with Crippen LogP contribution in [0, 0.1) is 6.92 Å². The van der Waals surface area contributed by atoms with Crippen LogP contribution in [-0.4, -0.2) is 17.3 Å². The molecule has 0 spiro atoms. The molecule has 0 atom stereocenters. The predicted molar refractivity (Wildman–Crippen MR) is 91.1 cm³/mol. The Bertz CT molecular complexity index is 775.